The van der Waals surface area contributed by atoms with Crippen molar-refractivity contribution in [1.29, 1.82) is 0 Å². The van der Waals surface area contributed by atoms with Crippen LogP contribution in [-0.4, -0.2) is 10.9 Å². The van der Waals surface area contributed by atoms with Crippen LogP contribution in [0.3, 0.4) is 0 Å². The highest BCUT2D eigenvalue weighted by Crippen LogP contribution is 2.34. The Morgan fingerprint density at radius 2 is 1.76 bits per heavy atom. The third kappa shape index (κ3) is 3.61. The van der Waals surface area contributed by atoms with Crippen LogP contribution in [0.25, 0.3) is 11.1 Å². The lowest BCUT2D eigenvalue weighted by atomic mass is 10.0. The lowest BCUT2D eigenvalue weighted by molar-refractivity contribution is -0.119. The van der Waals surface area contributed by atoms with E-state index in [4.69, 9.17) is 0 Å². The van der Waals surface area contributed by atoms with Gasteiger partial charge >= 0.3 is 0 Å². The van der Waals surface area contributed by atoms with Gasteiger partial charge in [0.05, 0.1) is 6.54 Å². The highest BCUT2D eigenvalue weighted by atomic mass is 16.2. The second-order valence-corrected chi connectivity index (χ2v) is 6.48. The molecule has 0 spiro atoms. The summed E-state index contributed by atoms with van der Waals surface area (Å²) in [7, 11) is 0. The summed E-state index contributed by atoms with van der Waals surface area (Å²) in [6, 6.07) is 22.4. The van der Waals surface area contributed by atoms with Crippen molar-refractivity contribution in [1.82, 2.24) is 4.98 Å². The van der Waals surface area contributed by atoms with Gasteiger partial charge in [-0.2, -0.15) is 0 Å². The van der Waals surface area contributed by atoms with E-state index in [1.807, 2.05) is 53.6 Å². The van der Waals surface area contributed by atoms with Gasteiger partial charge in [0.1, 0.15) is 0 Å². The molecule has 3 aromatic rings. The molecule has 3 nitrogen and oxygen atoms in total. The van der Waals surface area contributed by atoms with E-state index in [1.54, 1.807) is 6.20 Å². The van der Waals surface area contributed by atoms with E-state index in [0.29, 0.717) is 6.54 Å². The van der Waals surface area contributed by atoms with Gasteiger partial charge in [-0.05, 0) is 47.7 Å². The largest absolute Gasteiger partial charge is 0.308 e. The van der Waals surface area contributed by atoms with E-state index >= 15 is 0 Å². The Balaban J connectivity index is 1.68. The van der Waals surface area contributed by atoms with Crippen LogP contribution in [0.4, 0.5) is 5.69 Å². The Bertz CT molecular complexity index is 857. The van der Waals surface area contributed by atoms with Crippen LogP contribution in [0.5, 0.6) is 0 Å². The van der Waals surface area contributed by atoms with E-state index in [0.717, 1.165) is 35.2 Å². The molecule has 0 radical (unpaired) electrons. The number of carbonyl (C=O) groups excluding carboxylic acids is 1. The van der Waals surface area contributed by atoms with Gasteiger partial charge in [0.25, 0.3) is 0 Å². The topological polar surface area (TPSA) is 33.2 Å². The monoisotopic (exact) mass is 328 g/mol. The molecule has 0 N–H and O–H groups in total. The van der Waals surface area contributed by atoms with Crippen molar-refractivity contribution < 1.29 is 4.79 Å². The molecular weight excluding hydrogens is 308 g/mol. The molecule has 0 aliphatic heterocycles. The van der Waals surface area contributed by atoms with Gasteiger partial charge < -0.3 is 4.90 Å². The van der Waals surface area contributed by atoms with Crippen LogP contribution in [0.2, 0.25) is 0 Å². The molecule has 1 heterocycles. The molecule has 2 aromatic carbocycles. The number of amides is 1. The van der Waals surface area contributed by atoms with Gasteiger partial charge in [-0.3, -0.25) is 9.78 Å². The zero-order valence-corrected chi connectivity index (χ0v) is 14.0. The number of rotatable bonds is 5. The average molecular weight is 328 g/mol. The molecule has 0 saturated heterocycles. The molecule has 1 fully saturated rings. The Morgan fingerprint density at radius 1 is 0.960 bits per heavy atom. The summed E-state index contributed by atoms with van der Waals surface area (Å²) in [5.74, 6) is 0.395. The highest BCUT2D eigenvalue weighted by molar-refractivity contribution is 5.97. The maximum atomic E-state index is 12.9. The lowest BCUT2D eigenvalue weighted by Gasteiger charge is -2.23. The molecule has 0 unspecified atom stereocenters. The van der Waals surface area contributed by atoms with E-state index in [-0.39, 0.29) is 11.8 Å². The summed E-state index contributed by atoms with van der Waals surface area (Å²) in [5.41, 5.74) is 4.27. The Kier molecular flexibility index (Phi) is 4.30. The predicted molar refractivity (Wildman–Crippen MR) is 100 cm³/mol. The summed E-state index contributed by atoms with van der Waals surface area (Å²) < 4.78 is 0. The zero-order valence-electron chi connectivity index (χ0n) is 14.0. The molecule has 124 valence electrons. The van der Waals surface area contributed by atoms with Crippen molar-refractivity contribution >= 4 is 11.6 Å². The van der Waals surface area contributed by atoms with Gasteiger partial charge in [-0.25, -0.2) is 0 Å². The third-order valence-electron chi connectivity index (χ3n) is 4.52. The molecule has 3 heteroatoms. The molecule has 1 aliphatic carbocycles. The fourth-order valence-electron chi connectivity index (χ4n) is 3.01. The first-order chi connectivity index (χ1) is 12.3. The van der Waals surface area contributed by atoms with Crippen LogP contribution in [0, 0.1) is 5.92 Å². The number of aromatic nitrogens is 1. The molecule has 1 aliphatic rings. The Hall–Kier alpha value is -2.94. The van der Waals surface area contributed by atoms with Crippen LogP contribution in [-0.2, 0) is 11.3 Å². The summed E-state index contributed by atoms with van der Waals surface area (Å²) in [6.45, 7) is 0.557. The van der Waals surface area contributed by atoms with Crippen LogP contribution < -0.4 is 4.90 Å². The number of hydrogen-bond donors (Lipinski definition) is 0. The van der Waals surface area contributed by atoms with Gasteiger partial charge in [0.2, 0.25) is 5.91 Å². The summed E-state index contributed by atoms with van der Waals surface area (Å²) in [6.07, 6.45) is 5.59. The lowest BCUT2D eigenvalue weighted by Crippen LogP contribution is -2.31. The quantitative estimate of drug-likeness (QED) is 0.680. The molecule has 1 amide bonds. The van der Waals surface area contributed by atoms with E-state index in [1.165, 1.54) is 0 Å². The van der Waals surface area contributed by atoms with Gasteiger partial charge in [0.15, 0.2) is 0 Å². The summed E-state index contributed by atoms with van der Waals surface area (Å²) in [5, 5.41) is 0. The number of nitrogens with zero attached hydrogens (tertiary/aromatic N) is 2. The normalized spacial score (nSPS) is 13.4. The zero-order chi connectivity index (χ0) is 17.1. The highest BCUT2D eigenvalue weighted by Gasteiger charge is 2.34. The van der Waals surface area contributed by atoms with E-state index in [9.17, 15) is 4.79 Å². The third-order valence-corrected chi connectivity index (χ3v) is 4.52. The first-order valence-electron chi connectivity index (χ1n) is 8.67. The van der Waals surface area contributed by atoms with Gasteiger partial charge in [-0.15, -0.1) is 0 Å². The van der Waals surface area contributed by atoms with Crippen molar-refractivity contribution in [3.05, 3.63) is 84.7 Å². The van der Waals surface area contributed by atoms with Crippen LogP contribution >= 0.6 is 0 Å². The fourth-order valence-corrected chi connectivity index (χ4v) is 3.01. The van der Waals surface area contributed by atoms with Crippen molar-refractivity contribution in [3.63, 3.8) is 0 Å². The minimum Gasteiger partial charge on any atom is -0.308 e. The second kappa shape index (κ2) is 6.89. The van der Waals surface area contributed by atoms with E-state index < -0.39 is 0 Å². The standard InChI is InChI=1S/C22H20N2O/c25-22(19-11-12-19)24(16-17-6-5-13-23-15-17)21-10-4-9-20(14-21)18-7-2-1-3-8-18/h1-10,13-15,19H,11-12,16H2. The van der Waals surface area contributed by atoms with Crippen molar-refractivity contribution in [2.75, 3.05) is 4.90 Å². The molecule has 4 rings (SSSR count). The predicted octanol–water partition coefficient (Wildman–Crippen LogP) is 4.69. The molecular formula is C22H20N2O. The van der Waals surface area contributed by atoms with Crippen molar-refractivity contribution in [2.24, 2.45) is 5.92 Å². The SMILES string of the molecule is O=C(C1CC1)N(Cc1cccnc1)c1cccc(-c2ccccc2)c1. The smallest absolute Gasteiger partial charge is 0.230 e. The summed E-state index contributed by atoms with van der Waals surface area (Å²) in [4.78, 5) is 18.9. The van der Waals surface area contributed by atoms with Crippen LogP contribution in [0.1, 0.15) is 18.4 Å². The number of pyridine rings is 1. The number of benzene rings is 2. The first-order valence-corrected chi connectivity index (χ1v) is 8.67. The molecule has 0 bridgehead atoms. The molecule has 25 heavy (non-hydrogen) atoms. The maximum absolute atomic E-state index is 12.9. The van der Waals surface area contributed by atoms with Gasteiger partial charge in [-0.1, -0.05) is 48.5 Å². The number of anilines is 1. The summed E-state index contributed by atoms with van der Waals surface area (Å²) >= 11 is 0. The average Bonchev–Trinajstić information content (AvgIpc) is 3.53. The van der Waals surface area contributed by atoms with Crippen molar-refractivity contribution in [2.45, 2.75) is 19.4 Å². The molecule has 0 atom stereocenters. The minimum atomic E-state index is 0.178. The molecule has 1 saturated carbocycles. The Morgan fingerprint density at radius 3 is 2.48 bits per heavy atom. The van der Waals surface area contributed by atoms with E-state index in [2.05, 4.69) is 29.2 Å². The Labute approximate surface area is 148 Å². The van der Waals surface area contributed by atoms with Crippen LogP contribution in [0.15, 0.2) is 79.1 Å². The number of hydrogen-bond acceptors (Lipinski definition) is 2. The fraction of sp³-hybridized carbons (Fsp3) is 0.182. The van der Waals surface area contributed by atoms with Gasteiger partial charge in [0, 0.05) is 24.0 Å². The minimum absolute atomic E-state index is 0.178. The molecule has 1 aromatic heterocycles. The first kappa shape index (κ1) is 15.6. The maximum Gasteiger partial charge on any atom is 0.230 e. The van der Waals surface area contributed by atoms with Crippen molar-refractivity contribution in [3.8, 4) is 11.1 Å². The number of carbonyl (C=O) groups is 1. The second-order valence-electron chi connectivity index (χ2n) is 6.48.